The molecule has 0 spiro atoms. The van der Waals surface area contributed by atoms with Gasteiger partial charge in [-0.1, -0.05) is 32.9 Å². The van der Waals surface area contributed by atoms with E-state index in [1.807, 2.05) is 26.0 Å². The number of hydrogen-bond donors (Lipinski definition) is 1. The second kappa shape index (κ2) is 8.00. The van der Waals surface area contributed by atoms with E-state index in [1.54, 1.807) is 4.31 Å². The van der Waals surface area contributed by atoms with Crippen LogP contribution in [-0.4, -0.2) is 55.2 Å². The molecule has 2 aliphatic rings. The van der Waals surface area contributed by atoms with Crippen LogP contribution in [-0.2, 0) is 20.2 Å². The monoisotopic (exact) mass is 421 g/mol. The highest BCUT2D eigenvalue weighted by atomic mass is 32.2. The van der Waals surface area contributed by atoms with Crippen LogP contribution in [0.4, 0.5) is 0 Å². The molecular weight excluding hydrogens is 386 g/mol. The molecule has 2 saturated heterocycles. The van der Waals surface area contributed by atoms with Crippen LogP contribution < -0.4 is 5.73 Å². The molecule has 0 aromatic heterocycles. The number of amides is 1. The van der Waals surface area contributed by atoms with E-state index in [1.165, 1.54) is 0 Å². The van der Waals surface area contributed by atoms with Crippen molar-refractivity contribution < 1.29 is 13.2 Å². The molecule has 0 aliphatic carbocycles. The van der Waals surface area contributed by atoms with E-state index in [4.69, 9.17) is 5.73 Å². The summed E-state index contributed by atoms with van der Waals surface area (Å²) >= 11 is 0. The van der Waals surface area contributed by atoms with Gasteiger partial charge in [-0.2, -0.15) is 4.31 Å². The molecule has 6 nitrogen and oxygen atoms in total. The fourth-order valence-electron chi connectivity index (χ4n) is 4.87. The second-order valence-corrected chi connectivity index (χ2v) is 11.5. The van der Waals surface area contributed by atoms with Crippen molar-refractivity contribution in [2.24, 2.45) is 5.73 Å². The minimum absolute atomic E-state index is 0.0249. The van der Waals surface area contributed by atoms with E-state index >= 15 is 0 Å². The average Bonchev–Trinajstić information content (AvgIpc) is 3.10. The number of piperidine rings is 1. The SMILES string of the molecule is Cc1cc(C(C)(C)C)cc(C)c1S(=O)(=O)N1CCC(N2CCCC2C(N)=O)CC1. The van der Waals surface area contributed by atoms with E-state index < -0.39 is 10.0 Å². The van der Waals surface area contributed by atoms with E-state index in [0.29, 0.717) is 18.0 Å². The number of benzene rings is 1. The third-order valence-corrected chi connectivity index (χ3v) is 8.64. The fraction of sp³-hybridized carbons (Fsp3) is 0.682. The summed E-state index contributed by atoms with van der Waals surface area (Å²) in [5.74, 6) is -0.261. The smallest absolute Gasteiger partial charge is 0.243 e. The normalized spacial score (nSPS) is 22.9. The lowest BCUT2D eigenvalue weighted by Crippen LogP contribution is -2.51. The molecule has 1 unspecified atom stereocenters. The second-order valence-electron chi connectivity index (χ2n) is 9.62. The van der Waals surface area contributed by atoms with Crippen molar-refractivity contribution in [2.75, 3.05) is 19.6 Å². The van der Waals surface area contributed by atoms with Crippen molar-refractivity contribution in [3.05, 3.63) is 28.8 Å². The summed E-state index contributed by atoms with van der Waals surface area (Å²) in [5, 5.41) is 0. The number of nitrogens with two attached hydrogens (primary N) is 1. The van der Waals surface area contributed by atoms with Crippen molar-refractivity contribution in [2.45, 2.75) is 82.7 Å². The molecule has 1 aromatic rings. The Morgan fingerprint density at radius 3 is 2.07 bits per heavy atom. The zero-order chi connectivity index (χ0) is 21.6. The first-order valence-electron chi connectivity index (χ1n) is 10.6. The molecule has 162 valence electrons. The Morgan fingerprint density at radius 2 is 1.59 bits per heavy atom. The first-order chi connectivity index (χ1) is 13.4. The summed E-state index contributed by atoms with van der Waals surface area (Å²) in [7, 11) is -3.54. The largest absolute Gasteiger partial charge is 0.368 e. The first kappa shape index (κ1) is 22.2. The van der Waals surface area contributed by atoms with Crippen molar-refractivity contribution in [1.29, 1.82) is 0 Å². The van der Waals surface area contributed by atoms with E-state index in [2.05, 4.69) is 25.7 Å². The minimum Gasteiger partial charge on any atom is -0.368 e. The van der Waals surface area contributed by atoms with Gasteiger partial charge in [-0.3, -0.25) is 9.69 Å². The summed E-state index contributed by atoms with van der Waals surface area (Å²) in [4.78, 5) is 14.4. The van der Waals surface area contributed by atoms with Gasteiger partial charge < -0.3 is 5.73 Å². The molecule has 7 heteroatoms. The molecular formula is C22H35N3O3S. The predicted octanol–water partition coefficient (Wildman–Crippen LogP) is 2.70. The standard InChI is InChI=1S/C22H35N3O3S/c1-15-13-17(22(3,4)5)14-16(2)20(15)29(27,28)24-11-8-18(9-12-24)25-10-6-7-19(25)21(23)26/h13-14,18-19H,6-12H2,1-5H3,(H2,23,26). The van der Waals surface area contributed by atoms with Crippen LogP contribution in [0, 0.1) is 13.8 Å². The highest BCUT2D eigenvalue weighted by Gasteiger charge is 2.38. The van der Waals surface area contributed by atoms with Crippen molar-refractivity contribution in [3.8, 4) is 0 Å². The molecule has 0 bridgehead atoms. The van der Waals surface area contributed by atoms with E-state index in [9.17, 15) is 13.2 Å². The molecule has 0 radical (unpaired) electrons. The van der Waals surface area contributed by atoms with Gasteiger partial charge in [0.25, 0.3) is 0 Å². The van der Waals surface area contributed by atoms with Gasteiger partial charge in [0.05, 0.1) is 10.9 Å². The molecule has 1 aromatic carbocycles. The molecule has 0 saturated carbocycles. The van der Waals surface area contributed by atoms with Gasteiger partial charge in [0, 0.05) is 19.1 Å². The van der Waals surface area contributed by atoms with Gasteiger partial charge in [0.1, 0.15) is 0 Å². The van der Waals surface area contributed by atoms with Gasteiger partial charge >= 0.3 is 0 Å². The number of aryl methyl sites for hydroxylation is 2. The summed E-state index contributed by atoms with van der Waals surface area (Å²) in [6.45, 7) is 12.0. The van der Waals surface area contributed by atoms with Gasteiger partial charge in [-0.25, -0.2) is 8.42 Å². The molecule has 3 rings (SSSR count). The minimum atomic E-state index is -3.54. The number of hydrogen-bond acceptors (Lipinski definition) is 4. The lowest BCUT2D eigenvalue weighted by atomic mass is 9.85. The zero-order valence-corrected chi connectivity index (χ0v) is 19.2. The van der Waals surface area contributed by atoms with Gasteiger partial charge in [0.2, 0.25) is 15.9 Å². The first-order valence-corrected chi connectivity index (χ1v) is 12.0. The quantitative estimate of drug-likeness (QED) is 0.810. The Morgan fingerprint density at radius 1 is 1.03 bits per heavy atom. The van der Waals surface area contributed by atoms with Crippen LogP contribution >= 0.6 is 0 Å². The lowest BCUT2D eigenvalue weighted by Gasteiger charge is -2.38. The molecule has 2 fully saturated rings. The average molecular weight is 422 g/mol. The summed E-state index contributed by atoms with van der Waals surface area (Å²) in [6, 6.07) is 4.05. The molecule has 29 heavy (non-hydrogen) atoms. The number of sulfonamides is 1. The number of rotatable bonds is 4. The molecule has 2 heterocycles. The van der Waals surface area contributed by atoms with Crippen molar-refractivity contribution in [3.63, 3.8) is 0 Å². The molecule has 2 aliphatic heterocycles. The topological polar surface area (TPSA) is 83.7 Å². The van der Waals surface area contributed by atoms with E-state index in [-0.39, 0.29) is 23.4 Å². The Labute approximate surface area is 175 Å². The maximum atomic E-state index is 13.4. The number of nitrogens with zero attached hydrogens (tertiary/aromatic N) is 2. The maximum absolute atomic E-state index is 13.4. The molecule has 1 atom stereocenters. The van der Waals surface area contributed by atoms with Crippen LogP contribution in [0.5, 0.6) is 0 Å². The Balaban J connectivity index is 1.78. The molecule has 1 amide bonds. The zero-order valence-electron chi connectivity index (χ0n) is 18.4. The Kier molecular flexibility index (Phi) is 6.14. The summed E-state index contributed by atoms with van der Waals surface area (Å²) in [5.41, 5.74) is 8.30. The highest BCUT2D eigenvalue weighted by molar-refractivity contribution is 7.89. The summed E-state index contributed by atoms with van der Waals surface area (Å²) in [6.07, 6.45) is 3.26. The van der Waals surface area contributed by atoms with Crippen LogP contribution in [0.2, 0.25) is 0 Å². The van der Waals surface area contributed by atoms with Crippen molar-refractivity contribution in [1.82, 2.24) is 9.21 Å². The van der Waals surface area contributed by atoms with Gasteiger partial charge in [-0.05, 0) is 68.2 Å². The van der Waals surface area contributed by atoms with E-state index in [0.717, 1.165) is 48.9 Å². The summed E-state index contributed by atoms with van der Waals surface area (Å²) < 4.78 is 28.5. The fourth-order valence-corrected chi connectivity index (χ4v) is 6.75. The maximum Gasteiger partial charge on any atom is 0.243 e. The Hall–Kier alpha value is -1.44. The van der Waals surface area contributed by atoms with Crippen LogP contribution in [0.3, 0.4) is 0 Å². The number of carbonyl (C=O) groups excluding carboxylic acids is 1. The number of carbonyl (C=O) groups is 1. The molecule has 2 N–H and O–H groups in total. The highest BCUT2D eigenvalue weighted by Crippen LogP contribution is 2.33. The van der Waals surface area contributed by atoms with Crippen LogP contribution in [0.15, 0.2) is 17.0 Å². The van der Waals surface area contributed by atoms with Gasteiger partial charge in [-0.15, -0.1) is 0 Å². The predicted molar refractivity (Wildman–Crippen MR) is 115 cm³/mol. The third kappa shape index (κ3) is 4.37. The number of primary amides is 1. The third-order valence-electron chi connectivity index (χ3n) is 6.44. The Bertz CT molecular complexity index is 858. The van der Waals surface area contributed by atoms with Crippen LogP contribution in [0.25, 0.3) is 0 Å². The van der Waals surface area contributed by atoms with Crippen molar-refractivity contribution >= 4 is 15.9 Å². The van der Waals surface area contributed by atoms with Crippen LogP contribution in [0.1, 0.15) is 63.1 Å². The van der Waals surface area contributed by atoms with Gasteiger partial charge in [0.15, 0.2) is 0 Å². The number of likely N-dealkylation sites (tertiary alicyclic amines) is 1. The lowest BCUT2D eigenvalue weighted by molar-refractivity contribution is -0.123.